The van der Waals surface area contributed by atoms with Gasteiger partial charge in [0, 0.05) is 13.0 Å². The molecular weight excluding hydrogens is 932 g/mol. The summed E-state index contributed by atoms with van der Waals surface area (Å²) in [6.07, 6.45) is 47.2. The molecule has 1 fully saturated rings. The molecule has 0 spiro atoms. The van der Waals surface area contributed by atoms with E-state index >= 15 is 0 Å². The molecule has 0 aliphatic heterocycles. The van der Waals surface area contributed by atoms with Gasteiger partial charge in [-0.05, 0) is 38.5 Å². The highest BCUT2D eigenvalue weighted by Crippen LogP contribution is 2.47. The first-order valence-corrected chi connectivity index (χ1v) is 32.0. The fourth-order valence-electron chi connectivity index (χ4n) is 9.83. The lowest BCUT2D eigenvalue weighted by atomic mass is 9.85. The number of esters is 1. The molecule has 0 saturated heterocycles. The van der Waals surface area contributed by atoms with Crippen LogP contribution in [0.4, 0.5) is 0 Å². The van der Waals surface area contributed by atoms with Gasteiger partial charge in [0.1, 0.15) is 42.7 Å². The van der Waals surface area contributed by atoms with E-state index in [4.69, 9.17) is 18.5 Å². The summed E-state index contributed by atoms with van der Waals surface area (Å²) in [6, 6.07) is 0. The van der Waals surface area contributed by atoms with Crippen molar-refractivity contribution in [2.24, 2.45) is 0 Å². The zero-order valence-corrected chi connectivity index (χ0v) is 47.4. The van der Waals surface area contributed by atoms with Crippen LogP contribution in [0.25, 0.3) is 0 Å². The third-order valence-corrected chi connectivity index (χ3v) is 15.6. The molecule has 0 aromatic heterocycles. The van der Waals surface area contributed by atoms with Gasteiger partial charge in [-0.2, -0.15) is 0 Å². The number of hydrogen-bond acceptors (Lipinski definition) is 11. The summed E-state index contributed by atoms with van der Waals surface area (Å²) in [6.45, 7) is 4.34. The fourth-order valence-corrected chi connectivity index (χ4v) is 10.8. The van der Waals surface area contributed by atoms with Crippen LogP contribution in [0.2, 0.25) is 0 Å². The average Bonchev–Trinajstić information content (AvgIpc) is 3.37. The molecular formula is C59H115O12P. The minimum absolute atomic E-state index is 0.0700. The van der Waals surface area contributed by atoms with Crippen molar-refractivity contribution in [1.29, 1.82) is 0 Å². The highest BCUT2D eigenvalue weighted by molar-refractivity contribution is 7.47. The van der Waals surface area contributed by atoms with Gasteiger partial charge in [-0.3, -0.25) is 13.8 Å². The smallest absolute Gasteiger partial charge is 0.457 e. The molecule has 0 heterocycles. The maximum atomic E-state index is 12.9. The van der Waals surface area contributed by atoms with Crippen molar-refractivity contribution >= 4 is 13.8 Å². The second kappa shape index (κ2) is 49.6. The van der Waals surface area contributed by atoms with Gasteiger partial charge in [-0.1, -0.05) is 264 Å². The molecule has 0 aromatic carbocycles. The number of hydrogen-bond donors (Lipinski definition) is 6. The minimum atomic E-state index is -5.02. The minimum Gasteiger partial charge on any atom is -0.457 e. The SMILES string of the molecule is CCCCCCCCCC/C=C\CCCCCCCCCCCCCCOCC(COP(=O)(O)OC1C(O)C(O)C(O)C(O)C1O)OC(=O)CCCCCCCCCCCCCCCCCCCCCCC. The summed E-state index contributed by atoms with van der Waals surface area (Å²) in [5, 5.41) is 50.5. The second-order valence-corrected chi connectivity index (χ2v) is 23.0. The summed E-state index contributed by atoms with van der Waals surface area (Å²) < 4.78 is 34.5. The molecule has 0 aromatic rings. The first-order valence-electron chi connectivity index (χ1n) is 30.5. The van der Waals surface area contributed by atoms with E-state index in [9.17, 15) is 39.8 Å². The van der Waals surface area contributed by atoms with E-state index in [0.717, 1.165) is 38.5 Å². The van der Waals surface area contributed by atoms with E-state index in [-0.39, 0.29) is 13.0 Å². The van der Waals surface area contributed by atoms with Crippen LogP contribution in [0.3, 0.4) is 0 Å². The zero-order valence-electron chi connectivity index (χ0n) is 46.5. The van der Waals surface area contributed by atoms with Crippen LogP contribution in [-0.2, 0) is 27.9 Å². The molecule has 72 heavy (non-hydrogen) atoms. The maximum Gasteiger partial charge on any atom is 0.472 e. The van der Waals surface area contributed by atoms with E-state index < -0.39 is 63.1 Å². The van der Waals surface area contributed by atoms with Gasteiger partial charge >= 0.3 is 13.8 Å². The lowest BCUT2D eigenvalue weighted by molar-refractivity contribution is -0.220. The molecule has 1 aliphatic carbocycles. The molecule has 1 rings (SSSR count). The van der Waals surface area contributed by atoms with Crippen LogP contribution in [-0.4, -0.2) is 98.9 Å². The number of phosphoric ester groups is 1. The van der Waals surface area contributed by atoms with Gasteiger partial charge < -0.3 is 39.9 Å². The molecule has 12 nitrogen and oxygen atoms in total. The number of allylic oxidation sites excluding steroid dienone is 2. The third-order valence-electron chi connectivity index (χ3n) is 14.6. The molecule has 0 bridgehead atoms. The Balaban J connectivity index is 2.24. The molecule has 1 saturated carbocycles. The van der Waals surface area contributed by atoms with Gasteiger partial charge in [0.15, 0.2) is 0 Å². The number of carbonyl (C=O) groups is 1. The van der Waals surface area contributed by atoms with E-state index in [1.165, 1.54) is 231 Å². The topological polar surface area (TPSA) is 192 Å². The van der Waals surface area contributed by atoms with E-state index in [1.807, 2.05) is 0 Å². The van der Waals surface area contributed by atoms with Crippen LogP contribution in [0, 0.1) is 0 Å². The number of carbonyl (C=O) groups excluding carboxylic acids is 1. The molecule has 1 aliphatic rings. The molecule has 6 N–H and O–H groups in total. The number of phosphoric acid groups is 1. The van der Waals surface area contributed by atoms with E-state index in [0.29, 0.717) is 13.0 Å². The lowest BCUT2D eigenvalue weighted by Crippen LogP contribution is -2.64. The number of aliphatic hydroxyl groups is 5. The Labute approximate surface area is 441 Å². The normalized spacial score (nSPS) is 20.6. The molecule has 6 unspecified atom stereocenters. The summed E-state index contributed by atoms with van der Waals surface area (Å²) in [5.41, 5.74) is 0. The Hall–Kier alpha value is -0.920. The summed E-state index contributed by atoms with van der Waals surface area (Å²) >= 11 is 0. The lowest BCUT2D eigenvalue weighted by Gasteiger charge is -2.41. The average molecular weight is 1050 g/mol. The first-order chi connectivity index (χ1) is 35.0. The van der Waals surface area contributed by atoms with Gasteiger partial charge in [-0.25, -0.2) is 4.57 Å². The summed E-state index contributed by atoms with van der Waals surface area (Å²) in [5.74, 6) is -0.468. The van der Waals surface area contributed by atoms with Crippen LogP contribution < -0.4 is 0 Å². The van der Waals surface area contributed by atoms with Crippen molar-refractivity contribution in [3.05, 3.63) is 12.2 Å². The highest BCUT2D eigenvalue weighted by Gasteiger charge is 2.51. The molecule has 428 valence electrons. The number of aliphatic hydroxyl groups excluding tert-OH is 5. The summed E-state index contributed by atoms with van der Waals surface area (Å²) in [7, 11) is -5.02. The van der Waals surface area contributed by atoms with Crippen LogP contribution >= 0.6 is 7.82 Å². The highest BCUT2D eigenvalue weighted by atomic mass is 31.2. The molecule has 6 atom stereocenters. The van der Waals surface area contributed by atoms with E-state index in [2.05, 4.69) is 26.0 Å². The van der Waals surface area contributed by atoms with Crippen molar-refractivity contribution in [3.63, 3.8) is 0 Å². The van der Waals surface area contributed by atoms with Gasteiger partial charge in [-0.15, -0.1) is 0 Å². The largest absolute Gasteiger partial charge is 0.472 e. The van der Waals surface area contributed by atoms with Crippen LogP contribution in [0.5, 0.6) is 0 Å². The molecule has 13 heteroatoms. The molecule has 0 amide bonds. The Morgan fingerprint density at radius 2 is 0.736 bits per heavy atom. The van der Waals surface area contributed by atoms with Gasteiger partial charge in [0.05, 0.1) is 13.2 Å². The quantitative estimate of drug-likeness (QED) is 0.0146. The Morgan fingerprint density at radius 3 is 1.10 bits per heavy atom. The van der Waals surface area contributed by atoms with Crippen LogP contribution in [0.1, 0.15) is 296 Å². The standard InChI is InChI=1S/C59H115O12P/c1-3-5-7-9-11-13-15-17-19-21-23-25-26-27-29-31-33-35-37-39-41-43-45-47-49-68-50-52(51-69-72(66,67)71-59-57(64)55(62)54(61)56(63)58(59)65)70-53(60)48-46-44-42-40-38-36-34-32-30-28-24-22-20-18-16-14-12-10-8-6-4-2/h21,23,52,54-59,61-65H,3-20,22,24-51H2,1-2H3,(H,66,67)/b23-21-. The van der Waals surface area contributed by atoms with Crippen molar-refractivity contribution in [3.8, 4) is 0 Å². The first kappa shape index (κ1) is 69.1. The Bertz CT molecular complexity index is 1240. The number of rotatable bonds is 54. The Kier molecular flexibility index (Phi) is 47.6. The van der Waals surface area contributed by atoms with Crippen LogP contribution in [0.15, 0.2) is 12.2 Å². The molecule has 0 radical (unpaired) electrons. The monoisotopic (exact) mass is 1050 g/mol. The number of unbranched alkanes of at least 4 members (excludes halogenated alkanes) is 40. The predicted molar refractivity (Wildman–Crippen MR) is 295 cm³/mol. The second-order valence-electron chi connectivity index (χ2n) is 21.6. The Morgan fingerprint density at radius 1 is 0.431 bits per heavy atom. The summed E-state index contributed by atoms with van der Waals surface area (Å²) in [4.78, 5) is 23.4. The van der Waals surface area contributed by atoms with Gasteiger partial charge in [0.2, 0.25) is 0 Å². The zero-order chi connectivity index (χ0) is 52.6. The number of ether oxygens (including phenoxy) is 2. The van der Waals surface area contributed by atoms with Crippen molar-refractivity contribution in [1.82, 2.24) is 0 Å². The van der Waals surface area contributed by atoms with E-state index in [1.54, 1.807) is 0 Å². The van der Waals surface area contributed by atoms with Crippen molar-refractivity contribution < 1.29 is 58.3 Å². The van der Waals surface area contributed by atoms with Crippen molar-refractivity contribution in [2.45, 2.75) is 339 Å². The fraction of sp³-hybridized carbons (Fsp3) is 0.949. The maximum absolute atomic E-state index is 12.9. The predicted octanol–water partition coefficient (Wildman–Crippen LogP) is 15.0. The van der Waals surface area contributed by atoms with Gasteiger partial charge in [0.25, 0.3) is 0 Å². The third kappa shape index (κ3) is 40.3. The van der Waals surface area contributed by atoms with Crippen molar-refractivity contribution in [2.75, 3.05) is 19.8 Å².